The first-order chi connectivity index (χ1) is 8.91. The van der Waals surface area contributed by atoms with Crippen LogP contribution in [0, 0.1) is 0 Å². The Balaban J connectivity index is 2.90. The van der Waals surface area contributed by atoms with Crippen LogP contribution in [0.5, 0.6) is 0 Å². The Labute approximate surface area is 110 Å². The lowest BCUT2D eigenvalue weighted by molar-refractivity contribution is -0.168. The molecule has 0 fully saturated rings. The van der Waals surface area contributed by atoms with Gasteiger partial charge in [0.05, 0.1) is 19.0 Å². The molecule has 0 saturated carbocycles. The summed E-state index contributed by atoms with van der Waals surface area (Å²) in [5, 5.41) is 8.67. The summed E-state index contributed by atoms with van der Waals surface area (Å²) >= 11 is 0. The van der Waals surface area contributed by atoms with Gasteiger partial charge in [-0.3, -0.25) is 14.4 Å². The van der Waals surface area contributed by atoms with Gasteiger partial charge in [-0.15, -0.1) is 0 Å². The number of ether oxygens (including phenoxy) is 1. The molecule has 1 rings (SSSR count). The molecule has 2 atom stereocenters. The number of allylic oxidation sites excluding steroid dienone is 1. The number of ketones is 1. The van der Waals surface area contributed by atoms with Gasteiger partial charge in [0.1, 0.15) is 0 Å². The van der Waals surface area contributed by atoms with Crippen LogP contribution in [0.1, 0.15) is 25.7 Å². The normalized spacial score (nSPS) is 23.7. The third-order valence-electron chi connectivity index (χ3n) is 2.99. The van der Waals surface area contributed by atoms with Gasteiger partial charge >= 0.3 is 11.9 Å². The SMILES string of the molecule is NCC(=O)OC1(C(=O)[C@@H](N)CC(=O)O)CC=CCC1. The minimum Gasteiger partial charge on any atom is -0.481 e. The van der Waals surface area contributed by atoms with Crippen molar-refractivity contribution >= 4 is 17.7 Å². The predicted octanol–water partition coefficient (Wildman–Crippen LogP) is -0.662. The van der Waals surface area contributed by atoms with E-state index < -0.39 is 35.8 Å². The quantitative estimate of drug-likeness (QED) is 0.431. The third kappa shape index (κ3) is 3.87. The molecular weight excluding hydrogens is 252 g/mol. The molecule has 5 N–H and O–H groups in total. The fraction of sp³-hybridized carbons (Fsp3) is 0.583. The van der Waals surface area contributed by atoms with Crippen LogP contribution in [0.25, 0.3) is 0 Å². The zero-order valence-electron chi connectivity index (χ0n) is 10.5. The van der Waals surface area contributed by atoms with Crippen molar-refractivity contribution in [2.24, 2.45) is 11.5 Å². The van der Waals surface area contributed by atoms with Crippen molar-refractivity contribution in [3.05, 3.63) is 12.2 Å². The molecule has 0 saturated heterocycles. The summed E-state index contributed by atoms with van der Waals surface area (Å²) in [5.41, 5.74) is 9.38. The van der Waals surface area contributed by atoms with E-state index in [4.69, 9.17) is 21.3 Å². The Hall–Kier alpha value is -1.73. The van der Waals surface area contributed by atoms with Crippen LogP contribution >= 0.6 is 0 Å². The van der Waals surface area contributed by atoms with Crippen molar-refractivity contribution < 1.29 is 24.2 Å². The van der Waals surface area contributed by atoms with Gasteiger partial charge in [0.25, 0.3) is 0 Å². The number of hydrogen-bond donors (Lipinski definition) is 3. The lowest BCUT2D eigenvalue weighted by Gasteiger charge is -2.34. The van der Waals surface area contributed by atoms with E-state index in [1.54, 1.807) is 6.08 Å². The Kier molecular flexibility index (Phi) is 5.20. The van der Waals surface area contributed by atoms with Crippen molar-refractivity contribution in [1.29, 1.82) is 0 Å². The average molecular weight is 270 g/mol. The largest absolute Gasteiger partial charge is 0.481 e. The molecule has 0 aromatic carbocycles. The molecule has 1 unspecified atom stereocenters. The second kappa shape index (κ2) is 6.44. The van der Waals surface area contributed by atoms with Gasteiger partial charge in [-0.2, -0.15) is 0 Å². The highest BCUT2D eigenvalue weighted by Crippen LogP contribution is 2.30. The molecular formula is C12H18N2O5. The lowest BCUT2D eigenvalue weighted by atomic mass is 9.81. The summed E-state index contributed by atoms with van der Waals surface area (Å²) in [6, 6.07) is -1.20. The van der Waals surface area contributed by atoms with E-state index >= 15 is 0 Å². The van der Waals surface area contributed by atoms with Gasteiger partial charge in [0.2, 0.25) is 0 Å². The predicted molar refractivity (Wildman–Crippen MR) is 66.1 cm³/mol. The number of hydrogen-bond acceptors (Lipinski definition) is 6. The van der Waals surface area contributed by atoms with Gasteiger partial charge < -0.3 is 21.3 Å². The van der Waals surface area contributed by atoms with Crippen LogP contribution in [0.2, 0.25) is 0 Å². The molecule has 106 valence electrons. The number of carboxylic acids is 1. The molecule has 1 aliphatic rings. The van der Waals surface area contributed by atoms with Crippen molar-refractivity contribution in [2.75, 3.05) is 6.54 Å². The Morgan fingerprint density at radius 1 is 1.37 bits per heavy atom. The molecule has 7 heteroatoms. The highest BCUT2D eigenvalue weighted by atomic mass is 16.6. The van der Waals surface area contributed by atoms with Crippen LogP contribution in [0.15, 0.2) is 12.2 Å². The van der Waals surface area contributed by atoms with Crippen molar-refractivity contribution in [1.82, 2.24) is 0 Å². The molecule has 0 spiro atoms. The Morgan fingerprint density at radius 2 is 2.05 bits per heavy atom. The van der Waals surface area contributed by atoms with Gasteiger partial charge in [-0.05, 0) is 12.8 Å². The molecule has 1 aliphatic carbocycles. The third-order valence-corrected chi connectivity index (χ3v) is 2.99. The molecule has 0 aliphatic heterocycles. The Bertz CT molecular complexity index is 407. The smallest absolute Gasteiger partial charge is 0.320 e. The monoisotopic (exact) mass is 270 g/mol. The Morgan fingerprint density at radius 3 is 2.53 bits per heavy atom. The number of carbonyl (C=O) groups excluding carboxylic acids is 2. The first-order valence-corrected chi connectivity index (χ1v) is 6.00. The molecule has 0 amide bonds. The molecule has 0 heterocycles. The zero-order chi connectivity index (χ0) is 14.5. The second-order valence-electron chi connectivity index (χ2n) is 4.46. The minimum atomic E-state index is -1.37. The molecule has 0 aromatic rings. The summed E-state index contributed by atoms with van der Waals surface area (Å²) in [5.74, 6) is -2.44. The van der Waals surface area contributed by atoms with E-state index in [1.807, 2.05) is 6.08 Å². The van der Waals surface area contributed by atoms with Crippen LogP contribution in [0.4, 0.5) is 0 Å². The van der Waals surface area contributed by atoms with E-state index in [-0.39, 0.29) is 13.0 Å². The van der Waals surface area contributed by atoms with Gasteiger partial charge in [-0.25, -0.2) is 0 Å². The molecule has 19 heavy (non-hydrogen) atoms. The summed E-state index contributed by atoms with van der Waals surface area (Å²) in [7, 11) is 0. The van der Waals surface area contributed by atoms with Gasteiger partial charge in [0, 0.05) is 6.42 Å². The molecule has 0 aromatic heterocycles. The lowest BCUT2D eigenvalue weighted by Crippen LogP contribution is -2.53. The average Bonchev–Trinajstić information content (AvgIpc) is 2.37. The maximum Gasteiger partial charge on any atom is 0.320 e. The fourth-order valence-electron chi connectivity index (χ4n) is 2.06. The number of carboxylic acid groups (broad SMARTS) is 1. The first-order valence-electron chi connectivity index (χ1n) is 6.00. The summed E-state index contributed by atoms with van der Waals surface area (Å²) < 4.78 is 5.15. The topological polar surface area (TPSA) is 133 Å². The van der Waals surface area contributed by atoms with Crippen molar-refractivity contribution in [3.8, 4) is 0 Å². The number of aliphatic carboxylic acids is 1. The highest BCUT2D eigenvalue weighted by molar-refractivity contribution is 5.96. The van der Waals surface area contributed by atoms with Crippen LogP contribution in [-0.2, 0) is 19.1 Å². The summed E-state index contributed by atoms with van der Waals surface area (Å²) in [6.07, 6.45) is 4.14. The maximum atomic E-state index is 12.3. The molecule has 0 radical (unpaired) electrons. The summed E-state index contributed by atoms with van der Waals surface area (Å²) in [4.78, 5) is 34.2. The first kappa shape index (κ1) is 15.3. The number of carbonyl (C=O) groups is 3. The van der Waals surface area contributed by atoms with E-state index in [0.29, 0.717) is 12.8 Å². The minimum absolute atomic E-state index is 0.199. The van der Waals surface area contributed by atoms with E-state index in [9.17, 15) is 14.4 Å². The molecule has 7 nitrogen and oxygen atoms in total. The maximum absolute atomic E-state index is 12.3. The summed E-state index contributed by atoms with van der Waals surface area (Å²) in [6.45, 7) is -0.340. The van der Waals surface area contributed by atoms with E-state index in [0.717, 1.165) is 0 Å². The van der Waals surface area contributed by atoms with Crippen LogP contribution in [0.3, 0.4) is 0 Å². The van der Waals surface area contributed by atoms with Gasteiger partial charge in [-0.1, -0.05) is 12.2 Å². The van der Waals surface area contributed by atoms with Crippen LogP contribution in [-0.4, -0.2) is 41.0 Å². The van der Waals surface area contributed by atoms with Crippen molar-refractivity contribution in [3.63, 3.8) is 0 Å². The highest BCUT2D eigenvalue weighted by Gasteiger charge is 2.44. The number of Topliss-reactive ketones (excluding diaryl/α,β-unsaturated/α-hetero) is 1. The molecule has 0 bridgehead atoms. The standard InChI is InChI=1S/C12H18N2O5/c13-7-10(17)19-12(4-2-1-3-5-12)11(18)8(14)6-9(15)16/h1-2,8H,3-7,13-14H2,(H,15,16)/t8-,12?/m0/s1. The number of rotatable bonds is 6. The zero-order valence-corrected chi connectivity index (χ0v) is 10.5. The number of esters is 1. The number of nitrogens with two attached hydrogens (primary N) is 2. The van der Waals surface area contributed by atoms with Crippen LogP contribution < -0.4 is 11.5 Å². The van der Waals surface area contributed by atoms with Crippen molar-refractivity contribution in [2.45, 2.75) is 37.3 Å². The van der Waals surface area contributed by atoms with Gasteiger partial charge in [0.15, 0.2) is 11.4 Å². The second-order valence-corrected chi connectivity index (χ2v) is 4.46. The van der Waals surface area contributed by atoms with E-state index in [2.05, 4.69) is 0 Å². The van der Waals surface area contributed by atoms with E-state index in [1.165, 1.54) is 0 Å². The fourth-order valence-corrected chi connectivity index (χ4v) is 2.06.